The molecule has 5 heteroatoms. The van der Waals surface area contributed by atoms with E-state index in [1.165, 1.54) is 4.57 Å². The highest BCUT2D eigenvalue weighted by molar-refractivity contribution is 6.09. The highest BCUT2D eigenvalue weighted by Gasteiger charge is 2.17. The molecule has 0 aliphatic heterocycles. The first-order valence-corrected chi connectivity index (χ1v) is 14.1. The van der Waals surface area contributed by atoms with Gasteiger partial charge in [-0.05, 0) is 59.2 Å². The summed E-state index contributed by atoms with van der Waals surface area (Å²) >= 11 is 0. The van der Waals surface area contributed by atoms with Crippen molar-refractivity contribution in [3.05, 3.63) is 166 Å². The number of rotatable bonds is 4. The van der Waals surface area contributed by atoms with Crippen molar-refractivity contribution in [1.29, 1.82) is 0 Å². The van der Waals surface area contributed by atoms with Crippen LogP contribution >= 0.6 is 0 Å². The molecule has 204 valence electrons. The molecule has 0 aliphatic rings. The minimum absolute atomic E-state index is 0.353. The second-order valence-corrected chi connectivity index (χ2v) is 10.5. The van der Waals surface area contributed by atoms with E-state index in [0.29, 0.717) is 22.3 Å². The molecule has 0 radical (unpaired) electrons. The van der Waals surface area contributed by atoms with Crippen LogP contribution in [0.5, 0.6) is 0 Å². The van der Waals surface area contributed by atoms with Crippen molar-refractivity contribution in [1.82, 2.24) is 9.13 Å². The Labute approximate surface area is 246 Å². The largest absolute Gasteiger partial charge is 0.455 e. The molecule has 0 amide bonds. The summed E-state index contributed by atoms with van der Waals surface area (Å²) in [7, 11) is 0. The summed E-state index contributed by atoms with van der Waals surface area (Å²) in [5, 5.41) is 2.65. The summed E-state index contributed by atoms with van der Waals surface area (Å²) in [6, 6.07) is 46.7. The van der Waals surface area contributed by atoms with E-state index in [4.69, 9.17) is 4.42 Å². The molecule has 0 aliphatic carbocycles. The lowest BCUT2D eigenvalue weighted by Crippen LogP contribution is -2.38. The third kappa shape index (κ3) is 4.02. The molecule has 0 saturated heterocycles. The lowest BCUT2D eigenvalue weighted by atomic mass is 9.98. The highest BCUT2D eigenvalue weighted by Crippen LogP contribution is 2.36. The predicted octanol–water partition coefficient (Wildman–Crippen LogP) is 8.38. The van der Waals surface area contributed by atoms with Gasteiger partial charge in [0.1, 0.15) is 11.2 Å². The van der Waals surface area contributed by atoms with Gasteiger partial charge in [0, 0.05) is 16.3 Å². The molecule has 8 aromatic rings. The zero-order chi connectivity index (χ0) is 28.9. The van der Waals surface area contributed by atoms with Gasteiger partial charge in [-0.2, -0.15) is 0 Å². The molecule has 2 heterocycles. The van der Waals surface area contributed by atoms with Crippen molar-refractivity contribution in [2.24, 2.45) is 0 Å². The van der Waals surface area contributed by atoms with Gasteiger partial charge in [0.2, 0.25) is 0 Å². The number of hydrogen-bond donors (Lipinski definition) is 0. The first-order chi connectivity index (χ1) is 21.2. The van der Waals surface area contributed by atoms with Crippen LogP contribution in [-0.4, -0.2) is 9.13 Å². The van der Waals surface area contributed by atoms with Gasteiger partial charge in [0.25, 0.3) is 5.56 Å². The quantitative estimate of drug-likeness (QED) is 0.219. The molecule has 0 bridgehead atoms. The van der Waals surface area contributed by atoms with E-state index < -0.39 is 5.69 Å². The molecular formula is C38H24N2O3. The smallest absolute Gasteiger partial charge is 0.340 e. The van der Waals surface area contributed by atoms with Gasteiger partial charge in [-0.25, -0.2) is 9.36 Å². The van der Waals surface area contributed by atoms with Crippen LogP contribution in [0.1, 0.15) is 0 Å². The minimum atomic E-state index is -0.410. The summed E-state index contributed by atoms with van der Waals surface area (Å²) in [5.41, 5.74) is 6.66. The van der Waals surface area contributed by atoms with Gasteiger partial charge in [-0.1, -0.05) is 103 Å². The SMILES string of the molecule is O=c1c2cc(-c3ccc(-c4cccc5c4oc4ccccc45)cc3)ccc2n(-c2ccccc2)c(=O)n1-c1ccccc1. The molecule has 8 rings (SSSR count). The Balaban J connectivity index is 1.28. The van der Waals surface area contributed by atoms with Crippen molar-refractivity contribution >= 4 is 32.8 Å². The van der Waals surface area contributed by atoms with Crippen LogP contribution in [0.2, 0.25) is 0 Å². The topological polar surface area (TPSA) is 57.1 Å². The molecule has 0 fully saturated rings. The molecule has 0 spiro atoms. The molecule has 43 heavy (non-hydrogen) atoms. The van der Waals surface area contributed by atoms with Crippen molar-refractivity contribution in [2.75, 3.05) is 0 Å². The molecule has 6 aromatic carbocycles. The van der Waals surface area contributed by atoms with Crippen LogP contribution in [0.4, 0.5) is 0 Å². The summed E-state index contributed by atoms with van der Waals surface area (Å²) in [6.07, 6.45) is 0. The number of benzene rings is 6. The Kier molecular flexibility index (Phi) is 5.69. The molecule has 5 nitrogen and oxygen atoms in total. The van der Waals surface area contributed by atoms with Gasteiger partial charge in [0.15, 0.2) is 0 Å². The fourth-order valence-corrected chi connectivity index (χ4v) is 5.94. The van der Waals surface area contributed by atoms with E-state index in [0.717, 1.165) is 44.2 Å². The number of para-hydroxylation sites is 4. The fourth-order valence-electron chi connectivity index (χ4n) is 5.94. The van der Waals surface area contributed by atoms with E-state index in [1.807, 2.05) is 84.9 Å². The lowest BCUT2D eigenvalue weighted by Gasteiger charge is -2.15. The van der Waals surface area contributed by atoms with Crippen LogP contribution in [-0.2, 0) is 0 Å². The maximum Gasteiger partial charge on any atom is 0.340 e. The van der Waals surface area contributed by atoms with Gasteiger partial charge in [-0.3, -0.25) is 9.36 Å². The Morgan fingerprint density at radius 1 is 0.465 bits per heavy atom. The van der Waals surface area contributed by atoms with Gasteiger partial charge in [0.05, 0.1) is 22.3 Å². The van der Waals surface area contributed by atoms with Crippen molar-refractivity contribution in [3.8, 4) is 33.6 Å². The van der Waals surface area contributed by atoms with Gasteiger partial charge in [-0.15, -0.1) is 0 Å². The number of hydrogen-bond acceptors (Lipinski definition) is 3. The number of nitrogens with zero attached hydrogens (tertiary/aromatic N) is 2. The summed E-state index contributed by atoms with van der Waals surface area (Å²) in [6.45, 7) is 0. The molecule has 0 unspecified atom stereocenters. The zero-order valence-electron chi connectivity index (χ0n) is 23.0. The van der Waals surface area contributed by atoms with Crippen LogP contribution < -0.4 is 11.2 Å². The molecular weight excluding hydrogens is 532 g/mol. The van der Waals surface area contributed by atoms with Crippen LogP contribution in [0, 0.1) is 0 Å². The van der Waals surface area contributed by atoms with Crippen molar-refractivity contribution in [3.63, 3.8) is 0 Å². The van der Waals surface area contributed by atoms with E-state index in [9.17, 15) is 9.59 Å². The molecule has 0 atom stereocenters. The number of fused-ring (bicyclic) bond motifs is 4. The minimum Gasteiger partial charge on any atom is -0.455 e. The summed E-state index contributed by atoms with van der Waals surface area (Å²) in [4.78, 5) is 27.7. The third-order valence-corrected chi connectivity index (χ3v) is 8.02. The highest BCUT2D eigenvalue weighted by atomic mass is 16.3. The maximum atomic E-state index is 13.9. The van der Waals surface area contributed by atoms with E-state index in [-0.39, 0.29) is 5.56 Å². The van der Waals surface area contributed by atoms with Crippen molar-refractivity contribution in [2.45, 2.75) is 0 Å². The van der Waals surface area contributed by atoms with Crippen LogP contribution in [0.3, 0.4) is 0 Å². The van der Waals surface area contributed by atoms with Crippen LogP contribution in [0.15, 0.2) is 160 Å². The fraction of sp³-hybridized carbons (Fsp3) is 0. The number of aromatic nitrogens is 2. The Bertz CT molecular complexity index is 2420. The third-order valence-electron chi connectivity index (χ3n) is 8.02. The zero-order valence-corrected chi connectivity index (χ0v) is 23.0. The van der Waals surface area contributed by atoms with E-state index in [2.05, 4.69) is 48.5 Å². The second kappa shape index (κ2) is 9.86. The molecule has 0 saturated carbocycles. The van der Waals surface area contributed by atoms with Gasteiger partial charge >= 0.3 is 5.69 Å². The summed E-state index contributed by atoms with van der Waals surface area (Å²) in [5.74, 6) is 0. The van der Waals surface area contributed by atoms with E-state index in [1.54, 1.807) is 16.7 Å². The van der Waals surface area contributed by atoms with Crippen LogP contribution in [0.25, 0.3) is 66.5 Å². The maximum absolute atomic E-state index is 13.9. The first kappa shape index (κ1) is 24.8. The Hall–Kier alpha value is -5.94. The monoisotopic (exact) mass is 556 g/mol. The summed E-state index contributed by atoms with van der Waals surface area (Å²) < 4.78 is 9.10. The van der Waals surface area contributed by atoms with E-state index >= 15 is 0 Å². The Morgan fingerprint density at radius 2 is 1.07 bits per heavy atom. The van der Waals surface area contributed by atoms with Crippen molar-refractivity contribution < 1.29 is 4.42 Å². The van der Waals surface area contributed by atoms with Gasteiger partial charge < -0.3 is 4.42 Å². The average Bonchev–Trinajstić information content (AvgIpc) is 3.45. The normalized spacial score (nSPS) is 11.4. The number of furan rings is 1. The Morgan fingerprint density at radius 3 is 1.81 bits per heavy atom. The molecule has 2 aromatic heterocycles. The lowest BCUT2D eigenvalue weighted by molar-refractivity contribution is 0.670. The first-order valence-electron chi connectivity index (χ1n) is 14.1. The predicted molar refractivity (Wildman–Crippen MR) is 173 cm³/mol. The second-order valence-electron chi connectivity index (χ2n) is 10.5. The molecule has 0 N–H and O–H groups in total. The average molecular weight is 557 g/mol. The standard InChI is InChI=1S/C38H24N2O3/c41-37-33-24-27(22-23-34(33)39(28-10-3-1-4-11-28)38(42)40(37)29-12-5-2-6-13-29)25-18-20-26(21-19-25)30-15-9-16-32-31-14-7-8-17-35(31)43-36(30)32/h1-24H.